The molecule has 0 aromatic heterocycles. The second kappa shape index (κ2) is 5.51. The average Bonchev–Trinajstić information content (AvgIpc) is 2.57. The molecule has 2 unspecified atom stereocenters. The van der Waals surface area contributed by atoms with Crippen LogP contribution in [0.15, 0.2) is 0 Å². The van der Waals surface area contributed by atoms with Gasteiger partial charge in [0.25, 0.3) is 0 Å². The Kier molecular flexibility index (Phi) is 4.58. The number of rotatable bonds is 5. The highest BCUT2D eigenvalue weighted by molar-refractivity contribution is 4.67. The van der Waals surface area contributed by atoms with Crippen LogP contribution < -0.4 is 5.32 Å². The molecule has 12 heavy (non-hydrogen) atoms. The normalized spacial score (nSPS) is 26.0. The van der Waals surface area contributed by atoms with Gasteiger partial charge in [-0.25, -0.2) is 0 Å². The minimum absolute atomic E-state index is 0.188. The van der Waals surface area contributed by atoms with E-state index in [0.717, 1.165) is 32.6 Å². The van der Waals surface area contributed by atoms with Crippen molar-refractivity contribution in [3.05, 3.63) is 0 Å². The third-order valence-corrected chi connectivity index (χ3v) is 2.31. The van der Waals surface area contributed by atoms with E-state index in [2.05, 4.69) is 5.32 Å². The number of hydrogen-bond acceptors (Lipinski definition) is 3. The molecular weight excluding hydrogens is 154 g/mol. The molecule has 1 aliphatic rings. The maximum Gasteiger partial charge on any atom is 0.0662 e. The third-order valence-electron chi connectivity index (χ3n) is 2.31. The molecule has 0 bridgehead atoms. The fourth-order valence-corrected chi connectivity index (χ4v) is 1.34. The summed E-state index contributed by atoms with van der Waals surface area (Å²) in [7, 11) is 0. The summed E-state index contributed by atoms with van der Waals surface area (Å²) in [6, 6.07) is 0. The van der Waals surface area contributed by atoms with Crippen LogP contribution in [-0.2, 0) is 4.74 Å². The Morgan fingerprint density at radius 3 is 3.08 bits per heavy atom. The first kappa shape index (κ1) is 9.96. The van der Waals surface area contributed by atoms with Crippen molar-refractivity contribution in [2.45, 2.75) is 25.9 Å². The van der Waals surface area contributed by atoms with Crippen LogP contribution >= 0.6 is 0 Å². The summed E-state index contributed by atoms with van der Waals surface area (Å²) in [6.45, 7) is 5.48. The van der Waals surface area contributed by atoms with Crippen molar-refractivity contribution >= 4 is 0 Å². The molecular formula is C9H19NO2. The van der Waals surface area contributed by atoms with Gasteiger partial charge in [-0.2, -0.15) is 0 Å². The zero-order valence-corrected chi connectivity index (χ0v) is 7.75. The second-order valence-electron chi connectivity index (χ2n) is 3.45. The molecule has 1 fully saturated rings. The Morgan fingerprint density at radius 2 is 2.50 bits per heavy atom. The molecule has 0 amide bonds. The lowest BCUT2D eigenvalue weighted by Crippen LogP contribution is -2.30. The van der Waals surface area contributed by atoms with Gasteiger partial charge in [0, 0.05) is 19.7 Å². The van der Waals surface area contributed by atoms with Crippen LogP contribution in [0.4, 0.5) is 0 Å². The van der Waals surface area contributed by atoms with Crippen LogP contribution in [0.2, 0.25) is 0 Å². The van der Waals surface area contributed by atoms with Crippen LogP contribution in [0.5, 0.6) is 0 Å². The Bertz CT molecular complexity index is 113. The molecule has 3 heteroatoms. The fourth-order valence-electron chi connectivity index (χ4n) is 1.34. The van der Waals surface area contributed by atoms with Gasteiger partial charge < -0.3 is 15.2 Å². The van der Waals surface area contributed by atoms with Crippen molar-refractivity contribution in [2.75, 3.05) is 26.3 Å². The molecule has 2 atom stereocenters. The lowest BCUT2D eigenvalue weighted by Gasteiger charge is -2.11. The van der Waals surface area contributed by atoms with Gasteiger partial charge in [0.2, 0.25) is 0 Å². The lowest BCUT2D eigenvalue weighted by atomic mass is 10.1. The van der Waals surface area contributed by atoms with E-state index in [1.54, 1.807) is 0 Å². The van der Waals surface area contributed by atoms with Gasteiger partial charge in [-0.15, -0.1) is 0 Å². The maximum absolute atomic E-state index is 9.24. The largest absolute Gasteiger partial charge is 0.392 e. The van der Waals surface area contributed by atoms with E-state index in [0.29, 0.717) is 12.5 Å². The van der Waals surface area contributed by atoms with Crippen LogP contribution in [0.1, 0.15) is 19.8 Å². The predicted molar refractivity (Wildman–Crippen MR) is 48.1 cm³/mol. The van der Waals surface area contributed by atoms with Gasteiger partial charge in [-0.3, -0.25) is 0 Å². The summed E-state index contributed by atoms with van der Waals surface area (Å²) in [4.78, 5) is 0. The SMILES string of the molecule is CCC(O)CNCC1CCOC1. The summed E-state index contributed by atoms with van der Waals surface area (Å²) in [6.07, 6.45) is 1.80. The van der Waals surface area contributed by atoms with E-state index in [9.17, 15) is 5.11 Å². The van der Waals surface area contributed by atoms with Crippen molar-refractivity contribution in [3.63, 3.8) is 0 Å². The van der Waals surface area contributed by atoms with E-state index < -0.39 is 0 Å². The maximum atomic E-state index is 9.24. The molecule has 72 valence electrons. The van der Waals surface area contributed by atoms with E-state index in [1.165, 1.54) is 0 Å². The molecule has 0 saturated carbocycles. The molecule has 1 heterocycles. The number of aliphatic hydroxyl groups is 1. The second-order valence-corrected chi connectivity index (χ2v) is 3.45. The monoisotopic (exact) mass is 173 g/mol. The molecule has 3 nitrogen and oxygen atoms in total. The van der Waals surface area contributed by atoms with Crippen molar-refractivity contribution in [2.24, 2.45) is 5.92 Å². The van der Waals surface area contributed by atoms with Crippen LogP contribution in [0.3, 0.4) is 0 Å². The van der Waals surface area contributed by atoms with Gasteiger partial charge in [0.1, 0.15) is 0 Å². The molecule has 0 spiro atoms. The van der Waals surface area contributed by atoms with Gasteiger partial charge in [0.05, 0.1) is 12.7 Å². The molecule has 1 aliphatic heterocycles. The number of ether oxygens (including phenoxy) is 1. The first-order chi connectivity index (χ1) is 5.83. The highest BCUT2D eigenvalue weighted by Gasteiger charge is 2.14. The summed E-state index contributed by atoms with van der Waals surface area (Å²) >= 11 is 0. The summed E-state index contributed by atoms with van der Waals surface area (Å²) in [5.74, 6) is 0.661. The lowest BCUT2D eigenvalue weighted by molar-refractivity contribution is 0.161. The first-order valence-electron chi connectivity index (χ1n) is 4.79. The molecule has 0 aromatic rings. The summed E-state index contributed by atoms with van der Waals surface area (Å²) < 4.78 is 5.24. The Hall–Kier alpha value is -0.120. The molecule has 0 aliphatic carbocycles. The number of aliphatic hydroxyl groups excluding tert-OH is 1. The van der Waals surface area contributed by atoms with E-state index in [4.69, 9.17) is 4.74 Å². The third kappa shape index (κ3) is 3.52. The van der Waals surface area contributed by atoms with E-state index in [1.807, 2.05) is 6.92 Å². The van der Waals surface area contributed by atoms with Crippen molar-refractivity contribution < 1.29 is 9.84 Å². The van der Waals surface area contributed by atoms with Gasteiger partial charge in [0.15, 0.2) is 0 Å². The van der Waals surface area contributed by atoms with Crippen molar-refractivity contribution in [3.8, 4) is 0 Å². The average molecular weight is 173 g/mol. The standard InChI is InChI=1S/C9H19NO2/c1-2-9(11)6-10-5-8-3-4-12-7-8/h8-11H,2-7H2,1H3. The number of hydrogen-bond donors (Lipinski definition) is 2. The van der Waals surface area contributed by atoms with Crippen LogP contribution in [-0.4, -0.2) is 37.5 Å². The highest BCUT2D eigenvalue weighted by Crippen LogP contribution is 2.10. The molecule has 0 aromatic carbocycles. The zero-order valence-electron chi connectivity index (χ0n) is 7.75. The minimum atomic E-state index is -0.188. The number of nitrogens with one attached hydrogen (secondary N) is 1. The van der Waals surface area contributed by atoms with Gasteiger partial charge >= 0.3 is 0 Å². The zero-order chi connectivity index (χ0) is 8.81. The fraction of sp³-hybridized carbons (Fsp3) is 1.00. The Balaban J connectivity index is 1.94. The molecule has 1 rings (SSSR count). The van der Waals surface area contributed by atoms with Crippen molar-refractivity contribution in [1.29, 1.82) is 0 Å². The predicted octanol–water partition coefficient (Wildman–Crippen LogP) is 0.383. The highest BCUT2D eigenvalue weighted by atomic mass is 16.5. The topological polar surface area (TPSA) is 41.5 Å². The molecule has 2 N–H and O–H groups in total. The van der Waals surface area contributed by atoms with Crippen LogP contribution in [0, 0.1) is 5.92 Å². The molecule has 1 saturated heterocycles. The minimum Gasteiger partial charge on any atom is -0.392 e. The van der Waals surface area contributed by atoms with Crippen molar-refractivity contribution in [1.82, 2.24) is 5.32 Å². The van der Waals surface area contributed by atoms with E-state index in [-0.39, 0.29) is 6.10 Å². The smallest absolute Gasteiger partial charge is 0.0662 e. The molecule has 0 radical (unpaired) electrons. The Morgan fingerprint density at radius 1 is 1.67 bits per heavy atom. The van der Waals surface area contributed by atoms with E-state index >= 15 is 0 Å². The van der Waals surface area contributed by atoms with Gasteiger partial charge in [-0.1, -0.05) is 6.92 Å². The van der Waals surface area contributed by atoms with Crippen LogP contribution in [0.25, 0.3) is 0 Å². The summed E-state index contributed by atoms with van der Waals surface area (Å²) in [5.41, 5.74) is 0. The van der Waals surface area contributed by atoms with Gasteiger partial charge in [-0.05, 0) is 18.8 Å². The summed E-state index contributed by atoms with van der Waals surface area (Å²) in [5, 5.41) is 12.5. The first-order valence-corrected chi connectivity index (χ1v) is 4.79. The Labute approximate surface area is 74.1 Å². The quantitative estimate of drug-likeness (QED) is 0.631.